The Hall–Kier alpha value is -2.50. The van der Waals surface area contributed by atoms with Crippen LogP contribution in [0, 0.1) is 23.5 Å². The number of nitrogens with two attached hydrogens (primary N) is 2. The molecule has 0 heterocycles. The van der Waals surface area contributed by atoms with Gasteiger partial charge in [-0.2, -0.15) is 0 Å². The molecule has 4 bridgehead atoms. The number of hydrogen-bond donors (Lipinski definition) is 2. The zero-order chi connectivity index (χ0) is 33.6. The number of allylic oxidation sites excluding steroid dienone is 2. The van der Waals surface area contributed by atoms with Gasteiger partial charge in [0.05, 0.1) is 5.76 Å². The molecule has 5 heteroatoms. The number of halogens is 2. The quantitative estimate of drug-likeness (QED) is 0.128. The lowest BCUT2D eigenvalue weighted by molar-refractivity contribution is 0.272. The largest absolute Gasteiger partial charge is 0.462 e. The molecule has 262 valence electrons. The van der Waals surface area contributed by atoms with Crippen LogP contribution in [0.3, 0.4) is 0 Å². The number of fused-ring (bicyclic) bond motifs is 8. The minimum atomic E-state index is -0.145. The van der Waals surface area contributed by atoms with E-state index in [4.69, 9.17) is 16.2 Å². The summed E-state index contributed by atoms with van der Waals surface area (Å²) in [4.78, 5) is 0. The van der Waals surface area contributed by atoms with Crippen molar-refractivity contribution in [2.75, 3.05) is 0 Å². The second kappa shape index (κ2) is 16.5. The van der Waals surface area contributed by atoms with Crippen molar-refractivity contribution in [1.82, 2.24) is 0 Å². The molecule has 3 nitrogen and oxygen atoms in total. The van der Waals surface area contributed by atoms with Crippen LogP contribution in [0.2, 0.25) is 0 Å². The van der Waals surface area contributed by atoms with Crippen LogP contribution in [0.1, 0.15) is 155 Å². The molecule has 0 aliphatic heterocycles. The molecule has 0 radical (unpaired) electrons. The zero-order valence-electron chi connectivity index (χ0n) is 29.4. The van der Waals surface area contributed by atoms with E-state index in [1.165, 1.54) is 62.5 Å². The van der Waals surface area contributed by atoms with Crippen LogP contribution in [-0.4, -0.2) is 12.1 Å². The summed E-state index contributed by atoms with van der Waals surface area (Å²) in [6, 6.07) is 7.90. The predicted molar refractivity (Wildman–Crippen MR) is 194 cm³/mol. The first-order chi connectivity index (χ1) is 23.3. The summed E-state index contributed by atoms with van der Waals surface area (Å²) in [5.41, 5.74) is 19.7. The Kier molecular flexibility index (Phi) is 12.1. The van der Waals surface area contributed by atoms with Crippen molar-refractivity contribution >= 4 is 0 Å². The van der Waals surface area contributed by atoms with Crippen molar-refractivity contribution in [3.05, 3.63) is 88.2 Å². The predicted octanol–water partition coefficient (Wildman–Crippen LogP) is 10.9. The number of benzene rings is 2. The maximum Gasteiger partial charge on any atom is 0.130 e. The molecular formula is C43H60F2N2O. The lowest BCUT2D eigenvalue weighted by Crippen LogP contribution is -2.42. The van der Waals surface area contributed by atoms with Crippen molar-refractivity contribution in [2.24, 2.45) is 23.3 Å². The fourth-order valence-corrected chi connectivity index (χ4v) is 9.65. The van der Waals surface area contributed by atoms with Gasteiger partial charge < -0.3 is 16.2 Å². The molecule has 2 aromatic rings. The Bertz CT molecular complexity index is 1330. The summed E-state index contributed by atoms with van der Waals surface area (Å²) in [7, 11) is 0. The Balaban J connectivity index is 0.886. The molecule has 4 aliphatic carbocycles. The third-order valence-electron chi connectivity index (χ3n) is 12.4. The molecule has 2 saturated carbocycles. The second-order valence-corrected chi connectivity index (χ2v) is 15.9. The molecule has 0 saturated heterocycles. The molecule has 0 unspecified atom stereocenters. The van der Waals surface area contributed by atoms with Gasteiger partial charge in [0.25, 0.3) is 0 Å². The van der Waals surface area contributed by atoms with Crippen LogP contribution < -0.4 is 16.2 Å². The van der Waals surface area contributed by atoms with Gasteiger partial charge in [-0.25, -0.2) is 8.78 Å². The van der Waals surface area contributed by atoms with Gasteiger partial charge in [0.15, 0.2) is 0 Å². The highest BCUT2D eigenvalue weighted by Crippen LogP contribution is 2.44. The first-order valence-electron chi connectivity index (χ1n) is 19.5. The van der Waals surface area contributed by atoms with Gasteiger partial charge in [-0.15, -0.1) is 0 Å². The van der Waals surface area contributed by atoms with E-state index in [0.717, 1.165) is 106 Å². The van der Waals surface area contributed by atoms with E-state index in [0.29, 0.717) is 29.3 Å². The molecule has 2 fully saturated rings. The van der Waals surface area contributed by atoms with E-state index in [1.54, 1.807) is 12.1 Å². The van der Waals surface area contributed by atoms with Gasteiger partial charge >= 0.3 is 0 Å². The van der Waals surface area contributed by atoms with Gasteiger partial charge in [0.1, 0.15) is 17.4 Å². The van der Waals surface area contributed by atoms with Crippen molar-refractivity contribution < 1.29 is 13.5 Å². The highest BCUT2D eigenvalue weighted by molar-refractivity contribution is 5.43. The van der Waals surface area contributed by atoms with E-state index in [-0.39, 0.29) is 29.6 Å². The van der Waals surface area contributed by atoms with Crippen LogP contribution >= 0.6 is 0 Å². The summed E-state index contributed by atoms with van der Waals surface area (Å²) in [6.45, 7) is 8.50. The van der Waals surface area contributed by atoms with Gasteiger partial charge in [-0.3, -0.25) is 0 Å². The summed E-state index contributed by atoms with van der Waals surface area (Å²) in [5.74, 6) is 2.43. The van der Waals surface area contributed by atoms with Gasteiger partial charge in [0.2, 0.25) is 0 Å². The zero-order valence-corrected chi connectivity index (χ0v) is 29.4. The lowest BCUT2D eigenvalue weighted by Gasteiger charge is -2.39. The highest BCUT2D eigenvalue weighted by atomic mass is 19.1. The molecular weight excluding hydrogens is 598 g/mol. The summed E-state index contributed by atoms with van der Waals surface area (Å²) in [5, 5.41) is 0. The maximum atomic E-state index is 15.3. The Labute approximate surface area is 289 Å². The summed E-state index contributed by atoms with van der Waals surface area (Å²) < 4.78 is 36.6. The topological polar surface area (TPSA) is 61.3 Å². The molecule has 4 aliphatic rings. The Morgan fingerprint density at radius 1 is 0.646 bits per heavy atom. The third-order valence-corrected chi connectivity index (χ3v) is 12.4. The Morgan fingerprint density at radius 2 is 1.17 bits per heavy atom. The van der Waals surface area contributed by atoms with Crippen LogP contribution in [0.15, 0.2) is 48.8 Å². The van der Waals surface area contributed by atoms with Gasteiger partial charge in [-0.05, 0) is 128 Å². The van der Waals surface area contributed by atoms with E-state index in [9.17, 15) is 0 Å². The van der Waals surface area contributed by atoms with Crippen molar-refractivity contribution in [2.45, 2.75) is 159 Å². The number of unbranched alkanes of at least 4 members (excludes halogenated alkanes) is 5. The summed E-state index contributed by atoms with van der Waals surface area (Å²) >= 11 is 0. The first-order valence-corrected chi connectivity index (χ1v) is 19.5. The van der Waals surface area contributed by atoms with Gasteiger partial charge in [-0.1, -0.05) is 89.0 Å². The molecule has 4 N–H and O–H groups in total. The minimum absolute atomic E-state index is 0.0294. The monoisotopic (exact) mass is 658 g/mol. The van der Waals surface area contributed by atoms with E-state index in [1.807, 2.05) is 6.07 Å². The SMILES string of the molecule is C=C(CCCCCCCCC(=C)Oc1cc(F)c2c(c1)[C@H]1CCCCC[C@@H](C2)[C@@H]1N)Cc1cc(F)c2c(c1)[C@H]1CCCCC[C@@H](C2)[C@@H]1N. The fourth-order valence-electron chi connectivity index (χ4n) is 9.65. The molecule has 48 heavy (non-hydrogen) atoms. The van der Waals surface area contributed by atoms with Crippen LogP contribution in [-0.2, 0) is 19.3 Å². The number of ether oxygens (including phenoxy) is 1. The fraction of sp³-hybridized carbons (Fsp3) is 0.628. The minimum Gasteiger partial charge on any atom is -0.462 e. The molecule has 0 aromatic heterocycles. The molecule has 6 atom stereocenters. The van der Waals surface area contributed by atoms with Gasteiger partial charge in [0, 0.05) is 24.6 Å². The normalized spacial score (nSPS) is 26.7. The first kappa shape index (κ1) is 35.3. The lowest BCUT2D eigenvalue weighted by atomic mass is 9.68. The average molecular weight is 659 g/mol. The smallest absolute Gasteiger partial charge is 0.130 e. The molecule has 6 rings (SSSR count). The third kappa shape index (κ3) is 8.44. The average Bonchev–Trinajstić information content (AvgIpc) is 3.04. The van der Waals surface area contributed by atoms with E-state index < -0.39 is 0 Å². The van der Waals surface area contributed by atoms with Crippen molar-refractivity contribution in [3.8, 4) is 5.75 Å². The van der Waals surface area contributed by atoms with Crippen LogP contribution in [0.25, 0.3) is 0 Å². The van der Waals surface area contributed by atoms with Crippen LogP contribution in [0.4, 0.5) is 8.78 Å². The maximum absolute atomic E-state index is 15.3. The highest BCUT2D eigenvalue weighted by Gasteiger charge is 2.38. The van der Waals surface area contributed by atoms with E-state index in [2.05, 4.69) is 19.2 Å². The number of hydrogen-bond acceptors (Lipinski definition) is 3. The second-order valence-electron chi connectivity index (χ2n) is 15.9. The van der Waals surface area contributed by atoms with Crippen molar-refractivity contribution in [3.63, 3.8) is 0 Å². The molecule has 0 amide bonds. The number of rotatable bonds is 13. The van der Waals surface area contributed by atoms with E-state index >= 15 is 8.78 Å². The molecule has 0 spiro atoms. The standard InChI is InChI=1S/C43H60F2N2O/c1-28(21-30-22-36-34-19-13-7-11-17-31(42(34)46)24-38(36)40(44)23-30)15-9-5-3-4-6-10-16-29(2)48-33-26-37-35-20-14-8-12-18-32(43(35)47)25-39(37)41(45)27-33/h22-23,26-27,31-32,34-35,42-43H,1-21,24-25,46-47H2/t31-,32-,34+,35+,42-,43-/m0/s1. The summed E-state index contributed by atoms with van der Waals surface area (Å²) in [6.07, 6.45) is 22.5. The molecule has 2 aromatic carbocycles. The van der Waals surface area contributed by atoms with Crippen molar-refractivity contribution in [1.29, 1.82) is 0 Å². The van der Waals surface area contributed by atoms with Crippen LogP contribution in [0.5, 0.6) is 5.75 Å². The Morgan fingerprint density at radius 3 is 1.79 bits per heavy atom.